The number of para-hydroxylation sites is 1. The average molecular weight is 648 g/mol. The largest absolute Gasteiger partial charge is 0.435 e. The number of hydrogen-bond donors (Lipinski definition) is 2. The summed E-state index contributed by atoms with van der Waals surface area (Å²) in [6.07, 6.45) is -4.52. The molecule has 0 bridgehead atoms. The van der Waals surface area contributed by atoms with Crippen LogP contribution in [0.4, 0.5) is 32.6 Å². The summed E-state index contributed by atoms with van der Waals surface area (Å²) in [5.74, 6) is -2.00. The summed E-state index contributed by atoms with van der Waals surface area (Å²) in [5, 5.41) is 14.4. The van der Waals surface area contributed by atoms with E-state index in [0.29, 0.717) is 53.4 Å². The second-order valence-corrected chi connectivity index (χ2v) is 10.9. The van der Waals surface area contributed by atoms with Crippen molar-refractivity contribution in [2.24, 2.45) is 0 Å². The second-order valence-electron chi connectivity index (χ2n) is 10.9. The summed E-state index contributed by atoms with van der Waals surface area (Å²) in [4.78, 5) is 15.6. The van der Waals surface area contributed by atoms with E-state index < -0.39 is 36.1 Å². The summed E-state index contributed by atoms with van der Waals surface area (Å²) < 4.78 is 81.0. The van der Waals surface area contributed by atoms with Crippen LogP contribution in [0.5, 0.6) is 0 Å². The fourth-order valence-electron chi connectivity index (χ4n) is 5.57. The second kappa shape index (κ2) is 14.0. The van der Waals surface area contributed by atoms with Crippen LogP contribution in [0.2, 0.25) is 0 Å². The zero-order valence-electron chi connectivity index (χ0n) is 25.4. The van der Waals surface area contributed by atoms with E-state index in [1.165, 1.54) is 30.1 Å². The standard InChI is InChI=1S/C31H34F5N7O3/c1-4-46-29(31(34,35)36)42-16-21(15-37-42)27-19(2)28(43(40-27)22-8-6-5-7-9-22)39-30(44)38-26-18-41(12-13-45-3)17-23(26)20-10-11-24(32)25(33)14-20/h5-11,14-16,23,26,29H,4,12-13,17-18H2,1-3H3,(H2,38,39,44)/t23-,26+,29?/m0/s1. The molecule has 0 saturated carbocycles. The van der Waals surface area contributed by atoms with E-state index in [0.717, 1.165) is 12.1 Å². The van der Waals surface area contributed by atoms with Gasteiger partial charge in [-0.3, -0.25) is 10.2 Å². The fourth-order valence-corrected chi connectivity index (χ4v) is 5.57. The van der Waals surface area contributed by atoms with Crippen molar-refractivity contribution >= 4 is 11.8 Å². The fraction of sp³-hybridized carbons (Fsp3) is 0.387. The number of rotatable bonds is 11. The molecule has 1 aliphatic rings. The van der Waals surface area contributed by atoms with Gasteiger partial charge in [0.25, 0.3) is 0 Å². The number of aromatic nitrogens is 4. The number of alkyl halides is 3. The maximum Gasteiger partial charge on any atom is 0.435 e. The summed E-state index contributed by atoms with van der Waals surface area (Å²) in [6, 6.07) is 11.6. The zero-order valence-corrected chi connectivity index (χ0v) is 25.4. The molecule has 1 fully saturated rings. The summed E-state index contributed by atoms with van der Waals surface area (Å²) in [5.41, 5.74) is 2.19. The van der Waals surface area contributed by atoms with Crippen molar-refractivity contribution < 1.29 is 36.2 Å². The predicted molar refractivity (Wildman–Crippen MR) is 160 cm³/mol. The van der Waals surface area contributed by atoms with Crippen molar-refractivity contribution in [1.29, 1.82) is 0 Å². The topological polar surface area (TPSA) is 98.5 Å². The van der Waals surface area contributed by atoms with E-state index in [1.54, 1.807) is 38.3 Å². The molecule has 2 amide bonds. The Balaban J connectivity index is 1.44. The molecule has 1 unspecified atom stereocenters. The molecule has 46 heavy (non-hydrogen) atoms. The van der Waals surface area contributed by atoms with E-state index in [1.807, 2.05) is 6.07 Å². The Kier molecular flexibility index (Phi) is 10.0. The number of nitrogens with zero attached hydrogens (tertiary/aromatic N) is 5. The maximum atomic E-state index is 14.2. The molecule has 3 atom stereocenters. The predicted octanol–water partition coefficient (Wildman–Crippen LogP) is 5.66. The molecule has 15 heteroatoms. The van der Waals surface area contributed by atoms with Gasteiger partial charge in [-0.15, -0.1) is 0 Å². The molecule has 1 aliphatic heterocycles. The van der Waals surface area contributed by atoms with Crippen molar-refractivity contribution in [3.8, 4) is 16.9 Å². The lowest BCUT2D eigenvalue weighted by atomic mass is 9.94. The first kappa shape index (κ1) is 33.0. The lowest BCUT2D eigenvalue weighted by Gasteiger charge is -2.21. The van der Waals surface area contributed by atoms with Crippen LogP contribution in [0.1, 0.15) is 30.2 Å². The van der Waals surface area contributed by atoms with E-state index >= 15 is 0 Å². The highest BCUT2D eigenvalue weighted by Gasteiger charge is 2.43. The number of likely N-dealkylation sites (tertiary alicyclic amines) is 1. The number of carbonyl (C=O) groups excluding carboxylic acids is 1. The van der Waals surface area contributed by atoms with Gasteiger partial charge in [0.05, 0.1) is 24.5 Å². The van der Waals surface area contributed by atoms with Crippen molar-refractivity contribution in [1.82, 2.24) is 29.8 Å². The highest BCUT2D eigenvalue weighted by molar-refractivity contribution is 5.91. The molecule has 10 nitrogen and oxygen atoms in total. The quantitative estimate of drug-likeness (QED) is 0.204. The molecule has 246 valence electrons. The molecule has 1 saturated heterocycles. The number of hydrogen-bond acceptors (Lipinski definition) is 6. The monoisotopic (exact) mass is 647 g/mol. The van der Waals surface area contributed by atoms with Crippen LogP contribution >= 0.6 is 0 Å². The van der Waals surface area contributed by atoms with Gasteiger partial charge in [-0.2, -0.15) is 23.4 Å². The van der Waals surface area contributed by atoms with Crippen LogP contribution in [-0.4, -0.2) is 82.7 Å². The number of amides is 2. The van der Waals surface area contributed by atoms with E-state index in [4.69, 9.17) is 9.47 Å². The molecule has 4 aromatic rings. The molecular formula is C31H34F5N7O3. The number of anilines is 1. The third kappa shape index (κ3) is 7.21. The first-order chi connectivity index (χ1) is 22.0. The van der Waals surface area contributed by atoms with Gasteiger partial charge in [0.15, 0.2) is 11.6 Å². The Morgan fingerprint density at radius 2 is 1.87 bits per heavy atom. The van der Waals surface area contributed by atoms with Crippen LogP contribution < -0.4 is 10.6 Å². The van der Waals surface area contributed by atoms with Gasteiger partial charge in [-0.1, -0.05) is 24.3 Å². The van der Waals surface area contributed by atoms with Gasteiger partial charge in [0.1, 0.15) is 11.5 Å². The number of methoxy groups -OCH3 is 1. The zero-order chi connectivity index (χ0) is 33.0. The highest BCUT2D eigenvalue weighted by Crippen LogP contribution is 2.35. The lowest BCUT2D eigenvalue weighted by molar-refractivity contribution is -0.251. The van der Waals surface area contributed by atoms with E-state index in [9.17, 15) is 26.7 Å². The van der Waals surface area contributed by atoms with Gasteiger partial charge >= 0.3 is 12.2 Å². The number of benzene rings is 2. The Hall–Kier alpha value is -4.34. The molecule has 2 aromatic carbocycles. The number of ether oxygens (including phenoxy) is 2. The normalized spacial score (nSPS) is 17.7. The van der Waals surface area contributed by atoms with Gasteiger partial charge in [-0.05, 0) is 43.7 Å². The minimum Gasteiger partial charge on any atom is -0.383 e. The maximum absolute atomic E-state index is 14.2. The Morgan fingerprint density at radius 3 is 2.54 bits per heavy atom. The number of carbonyl (C=O) groups is 1. The third-order valence-corrected chi connectivity index (χ3v) is 7.77. The first-order valence-corrected chi connectivity index (χ1v) is 14.6. The smallest absolute Gasteiger partial charge is 0.383 e. The number of nitrogens with one attached hydrogen (secondary N) is 2. The van der Waals surface area contributed by atoms with Crippen molar-refractivity contribution in [2.45, 2.75) is 38.2 Å². The Bertz CT molecular complexity index is 1640. The molecule has 2 aromatic heterocycles. The van der Waals surface area contributed by atoms with Gasteiger partial charge in [0, 0.05) is 56.6 Å². The average Bonchev–Trinajstić information content (AvgIpc) is 3.74. The van der Waals surface area contributed by atoms with Crippen LogP contribution in [0.15, 0.2) is 60.9 Å². The number of halogens is 5. The highest BCUT2D eigenvalue weighted by atomic mass is 19.4. The number of urea groups is 1. The van der Waals surface area contributed by atoms with Crippen molar-refractivity contribution in [3.05, 3.63) is 83.7 Å². The SMILES string of the molecule is CCOC(n1cc(-c2nn(-c3ccccc3)c(NC(=O)N[C@@H]3CN(CCOC)C[C@H]3c3ccc(F)c(F)c3)c2C)cn1)C(F)(F)F. The van der Waals surface area contributed by atoms with E-state index in [2.05, 4.69) is 25.7 Å². The first-order valence-electron chi connectivity index (χ1n) is 14.6. The van der Waals surface area contributed by atoms with Crippen LogP contribution in [0.25, 0.3) is 16.9 Å². The molecule has 0 aliphatic carbocycles. The molecular weight excluding hydrogens is 613 g/mol. The summed E-state index contributed by atoms with van der Waals surface area (Å²) in [6.45, 7) is 4.91. The van der Waals surface area contributed by atoms with Crippen LogP contribution in [-0.2, 0) is 9.47 Å². The molecule has 3 heterocycles. The molecule has 0 spiro atoms. The van der Waals surface area contributed by atoms with E-state index in [-0.39, 0.29) is 23.9 Å². The Labute approximate surface area is 262 Å². The van der Waals surface area contributed by atoms with Gasteiger partial charge in [-0.25, -0.2) is 22.9 Å². The minimum atomic E-state index is -4.69. The van der Waals surface area contributed by atoms with Gasteiger partial charge < -0.3 is 14.8 Å². The van der Waals surface area contributed by atoms with Crippen molar-refractivity contribution in [2.75, 3.05) is 45.3 Å². The molecule has 0 radical (unpaired) electrons. The molecule has 2 N–H and O–H groups in total. The molecule has 5 rings (SSSR count). The summed E-state index contributed by atoms with van der Waals surface area (Å²) >= 11 is 0. The van der Waals surface area contributed by atoms with Crippen LogP contribution in [0.3, 0.4) is 0 Å². The summed E-state index contributed by atoms with van der Waals surface area (Å²) in [7, 11) is 1.58. The minimum absolute atomic E-state index is 0.174. The Morgan fingerprint density at radius 1 is 1.11 bits per heavy atom. The van der Waals surface area contributed by atoms with Crippen molar-refractivity contribution in [3.63, 3.8) is 0 Å². The van der Waals surface area contributed by atoms with Crippen LogP contribution in [0, 0.1) is 18.6 Å². The third-order valence-electron chi connectivity index (χ3n) is 7.77. The lowest BCUT2D eigenvalue weighted by Crippen LogP contribution is -2.42. The van der Waals surface area contributed by atoms with Gasteiger partial charge in [0.2, 0.25) is 6.23 Å².